The van der Waals surface area contributed by atoms with Crippen LogP contribution in [0.4, 0.5) is 0 Å². The first-order valence-corrected chi connectivity index (χ1v) is 4.55. The normalized spacial score (nSPS) is 47.7. The highest BCUT2D eigenvalue weighted by molar-refractivity contribution is 5.02. The van der Waals surface area contributed by atoms with Crippen molar-refractivity contribution < 1.29 is 4.74 Å². The van der Waals surface area contributed by atoms with Gasteiger partial charge in [-0.3, -0.25) is 0 Å². The second-order valence-corrected chi connectivity index (χ2v) is 4.09. The zero-order valence-corrected chi connectivity index (χ0v) is 7.18. The van der Waals surface area contributed by atoms with Gasteiger partial charge in [0.1, 0.15) is 5.60 Å². The molecule has 2 rings (SSSR count). The Morgan fingerprint density at radius 3 is 2.91 bits per heavy atom. The SMILES string of the molecule is C=COC12CCC(CC1C)C2. The molecule has 1 heteroatoms. The van der Waals surface area contributed by atoms with Crippen molar-refractivity contribution in [3.05, 3.63) is 12.8 Å². The quantitative estimate of drug-likeness (QED) is 0.553. The van der Waals surface area contributed by atoms with E-state index in [9.17, 15) is 0 Å². The second-order valence-electron chi connectivity index (χ2n) is 4.09. The van der Waals surface area contributed by atoms with Gasteiger partial charge < -0.3 is 4.74 Å². The Kier molecular flexibility index (Phi) is 1.48. The molecular weight excluding hydrogens is 136 g/mol. The number of ether oxygens (including phenoxy) is 1. The van der Waals surface area contributed by atoms with Gasteiger partial charge in [0, 0.05) is 0 Å². The van der Waals surface area contributed by atoms with E-state index >= 15 is 0 Å². The summed E-state index contributed by atoms with van der Waals surface area (Å²) in [6, 6.07) is 0. The number of rotatable bonds is 2. The summed E-state index contributed by atoms with van der Waals surface area (Å²) in [4.78, 5) is 0. The molecule has 1 nitrogen and oxygen atoms in total. The molecule has 2 aliphatic rings. The zero-order chi connectivity index (χ0) is 7.90. The number of fused-ring (bicyclic) bond motifs is 2. The van der Waals surface area contributed by atoms with E-state index < -0.39 is 0 Å². The molecule has 2 fully saturated rings. The summed E-state index contributed by atoms with van der Waals surface area (Å²) in [5, 5.41) is 0. The molecule has 2 saturated carbocycles. The summed E-state index contributed by atoms with van der Waals surface area (Å²) >= 11 is 0. The largest absolute Gasteiger partial charge is 0.495 e. The minimum absolute atomic E-state index is 0.201. The summed E-state index contributed by atoms with van der Waals surface area (Å²) < 4.78 is 5.66. The van der Waals surface area contributed by atoms with Crippen LogP contribution in [0.2, 0.25) is 0 Å². The van der Waals surface area contributed by atoms with Crippen molar-refractivity contribution in [1.29, 1.82) is 0 Å². The van der Waals surface area contributed by atoms with Crippen LogP contribution in [0.25, 0.3) is 0 Å². The third kappa shape index (κ3) is 0.901. The molecule has 0 radical (unpaired) electrons. The smallest absolute Gasteiger partial charge is 0.111 e. The van der Waals surface area contributed by atoms with Crippen molar-refractivity contribution in [3.63, 3.8) is 0 Å². The lowest BCUT2D eigenvalue weighted by molar-refractivity contribution is -0.00581. The third-order valence-electron chi connectivity index (χ3n) is 3.51. The first-order valence-electron chi connectivity index (χ1n) is 4.55. The summed E-state index contributed by atoms with van der Waals surface area (Å²) in [6.07, 6.45) is 6.90. The molecule has 0 aliphatic heterocycles. The average molecular weight is 152 g/mol. The van der Waals surface area contributed by atoms with Gasteiger partial charge >= 0.3 is 0 Å². The Hall–Kier alpha value is -0.460. The molecule has 0 spiro atoms. The highest BCUT2D eigenvalue weighted by Crippen LogP contribution is 2.53. The van der Waals surface area contributed by atoms with Crippen LogP contribution < -0.4 is 0 Å². The molecule has 11 heavy (non-hydrogen) atoms. The fourth-order valence-electron chi connectivity index (χ4n) is 2.89. The summed E-state index contributed by atoms with van der Waals surface area (Å²) in [5.74, 6) is 1.70. The number of hydrogen-bond donors (Lipinski definition) is 0. The fraction of sp³-hybridized carbons (Fsp3) is 0.800. The zero-order valence-electron chi connectivity index (χ0n) is 7.18. The van der Waals surface area contributed by atoms with Crippen LogP contribution in [0, 0.1) is 11.8 Å². The van der Waals surface area contributed by atoms with Gasteiger partial charge in [-0.2, -0.15) is 0 Å². The minimum Gasteiger partial charge on any atom is -0.495 e. The molecule has 0 saturated heterocycles. The molecule has 2 bridgehead atoms. The summed E-state index contributed by atoms with van der Waals surface area (Å²) in [7, 11) is 0. The fourth-order valence-corrected chi connectivity index (χ4v) is 2.89. The number of hydrogen-bond acceptors (Lipinski definition) is 1. The molecule has 0 aromatic heterocycles. The third-order valence-corrected chi connectivity index (χ3v) is 3.51. The van der Waals surface area contributed by atoms with Crippen molar-refractivity contribution in [2.45, 2.75) is 38.2 Å². The van der Waals surface area contributed by atoms with Crippen molar-refractivity contribution in [2.24, 2.45) is 11.8 Å². The lowest BCUT2D eigenvalue weighted by atomic mass is 9.87. The minimum atomic E-state index is 0.201. The van der Waals surface area contributed by atoms with E-state index in [4.69, 9.17) is 4.74 Å². The Bertz CT molecular complexity index is 176. The molecular formula is C10H16O. The second kappa shape index (κ2) is 2.26. The molecule has 0 aromatic carbocycles. The maximum atomic E-state index is 5.66. The van der Waals surface area contributed by atoms with Gasteiger partial charge in [-0.25, -0.2) is 0 Å². The van der Waals surface area contributed by atoms with Crippen LogP contribution in [0.5, 0.6) is 0 Å². The lowest BCUT2D eigenvalue weighted by Crippen LogP contribution is -2.32. The average Bonchev–Trinajstić information content (AvgIpc) is 2.45. The Labute approximate surface area is 68.4 Å². The predicted octanol–water partition coefficient (Wildman–Crippen LogP) is 2.73. The Balaban J connectivity index is 2.15. The van der Waals surface area contributed by atoms with Crippen molar-refractivity contribution in [3.8, 4) is 0 Å². The van der Waals surface area contributed by atoms with E-state index in [0.29, 0.717) is 0 Å². The lowest BCUT2D eigenvalue weighted by Gasteiger charge is -2.31. The van der Waals surface area contributed by atoms with E-state index in [2.05, 4.69) is 13.5 Å². The van der Waals surface area contributed by atoms with Gasteiger partial charge in [0.25, 0.3) is 0 Å². The maximum Gasteiger partial charge on any atom is 0.111 e. The van der Waals surface area contributed by atoms with E-state index in [1.165, 1.54) is 25.7 Å². The first-order chi connectivity index (χ1) is 5.27. The molecule has 2 aliphatic carbocycles. The Morgan fingerprint density at radius 1 is 1.64 bits per heavy atom. The molecule has 3 unspecified atom stereocenters. The van der Waals surface area contributed by atoms with Crippen LogP contribution in [0.15, 0.2) is 12.8 Å². The van der Waals surface area contributed by atoms with Crippen LogP contribution in [0.3, 0.4) is 0 Å². The predicted molar refractivity (Wildman–Crippen MR) is 45.1 cm³/mol. The molecule has 0 N–H and O–H groups in total. The van der Waals surface area contributed by atoms with Gasteiger partial charge in [0.2, 0.25) is 0 Å². The van der Waals surface area contributed by atoms with Crippen molar-refractivity contribution in [2.75, 3.05) is 0 Å². The molecule has 0 aromatic rings. The van der Waals surface area contributed by atoms with Crippen LogP contribution in [-0.2, 0) is 4.74 Å². The van der Waals surface area contributed by atoms with E-state index in [-0.39, 0.29) is 5.60 Å². The van der Waals surface area contributed by atoms with Crippen LogP contribution >= 0.6 is 0 Å². The first kappa shape index (κ1) is 7.20. The van der Waals surface area contributed by atoms with Crippen molar-refractivity contribution >= 4 is 0 Å². The summed E-state index contributed by atoms with van der Waals surface area (Å²) in [5.41, 5.74) is 0.201. The van der Waals surface area contributed by atoms with Crippen LogP contribution in [0.1, 0.15) is 32.6 Å². The molecule has 0 heterocycles. The standard InChI is InChI=1S/C10H16O/c1-3-11-10-5-4-9(7-10)6-8(10)2/h3,8-9H,1,4-7H2,2H3. The molecule has 0 amide bonds. The maximum absolute atomic E-state index is 5.66. The van der Waals surface area contributed by atoms with Gasteiger partial charge in [-0.1, -0.05) is 13.5 Å². The van der Waals surface area contributed by atoms with Gasteiger partial charge in [0.05, 0.1) is 6.26 Å². The molecule has 3 atom stereocenters. The highest BCUT2D eigenvalue weighted by Gasteiger charge is 2.51. The van der Waals surface area contributed by atoms with Crippen molar-refractivity contribution in [1.82, 2.24) is 0 Å². The van der Waals surface area contributed by atoms with Gasteiger partial charge in [0.15, 0.2) is 0 Å². The topological polar surface area (TPSA) is 9.23 Å². The monoisotopic (exact) mass is 152 g/mol. The molecule has 62 valence electrons. The van der Waals surface area contributed by atoms with Crippen LogP contribution in [-0.4, -0.2) is 5.60 Å². The van der Waals surface area contributed by atoms with E-state index in [0.717, 1.165) is 11.8 Å². The Morgan fingerprint density at radius 2 is 2.45 bits per heavy atom. The highest BCUT2D eigenvalue weighted by atomic mass is 16.5. The van der Waals surface area contributed by atoms with E-state index in [1.54, 1.807) is 6.26 Å². The van der Waals surface area contributed by atoms with E-state index in [1.807, 2.05) is 0 Å². The van der Waals surface area contributed by atoms with Gasteiger partial charge in [-0.05, 0) is 37.5 Å². The summed E-state index contributed by atoms with van der Waals surface area (Å²) in [6.45, 7) is 5.96. The van der Waals surface area contributed by atoms with Gasteiger partial charge in [-0.15, -0.1) is 0 Å².